The molecule has 32 heavy (non-hydrogen) atoms. The minimum absolute atomic E-state index is 0.142. The Kier molecular flexibility index (Phi) is 6.64. The average molecular weight is 435 g/mol. The van der Waals surface area contributed by atoms with Gasteiger partial charge in [0.05, 0.1) is 23.5 Å². The molecule has 0 atom stereocenters. The minimum Gasteiger partial charge on any atom is -0.462 e. The van der Waals surface area contributed by atoms with Crippen LogP contribution in [0.5, 0.6) is 0 Å². The van der Waals surface area contributed by atoms with Gasteiger partial charge in [0.15, 0.2) is 0 Å². The molecule has 2 amide bonds. The lowest BCUT2D eigenvalue weighted by atomic mass is 10.2. The van der Waals surface area contributed by atoms with Crippen molar-refractivity contribution in [1.82, 2.24) is 19.7 Å². The summed E-state index contributed by atoms with van der Waals surface area (Å²) in [6.45, 7) is 4.75. The molecule has 9 nitrogen and oxygen atoms in total. The Morgan fingerprint density at radius 3 is 2.69 bits per heavy atom. The predicted octanol–water partition coefficient (Wildman–Crippen LogP) is 3.19. The van der Waals surface area contributed by atoms with Crippen LogP contribution in [0.15, 0.2) is 61.1 Å². The van der Waals surface area contributed by atoms with E-state index in [2.05, 4.69) is 20.3 Å². The summed E-state index contributed by atoms with van der Waals surface area (Å²) in [5.74, 6) is 0.407. The molecular weight excluding hydrogens is 408 g/mol. The van der Waals surface area contributed by atoms with Crippen molar-refractivity contribution in [2.75, 3.05) is 43.0 Å². The van der Waals surface area contributed by atoms with E-state index in [0.29, 0.717) is 37.5 Å². The number of aromatic nitrogens is 3. The standard InChI is InChI=1S/C23H26N6O3/c1-2-32-22(30)18-9-10-21(24-17-18)27-12-6-13-28(16-15-27)23(31)26-19-7-3-4-8-20(19)29-14-5-11-25-29/h3-5,7-11,14,17H,2,6,12-13,15-16H2,1H3,(H,26,31). The van der Waals surface area contributed by atoms with Gasteiger partial charge in [0.25, 0.3) is 0 Å². The summed E-state index contributed by atoms with van der Waals surface area (Å²) in [5.41, 5.74) is 1.95. The smallest absolute Gasteiger partial charge is 0.339 e. The highest BCUT2D eigenvalue weighted by atomic mass is 16.5. The summed E-state index contributed by atoms with van der Waals surface area (Å²) < 4.78 is 6.73. The number of esters is 1. The highest BCUT2D eigenvalue weighted by molar-refractivity contribution is 5.91. The molecule has 0 bridgehead atoms. The molecule has 0 unspecified atom stereocenters. The van der Waals surface area contributed by atoms with Gasteiger partial charge in [0.2, 0.25) is 0 Å². The second-order valence-electron chi connectivity index (χ2n) is 7.35. The first-order valence-electron chi connectivity index (χ1n) is 10.7. The van der Waals surface area contributed by atoms with Crippen molar-refractivity contribution in [2.45, 2.75) is 13.3 Å². The molecule has 0 spiro atoms. The van der Waals surface area contributed by atoms with Crippen molar-refractivity contribution >= 4 is 23.5 Å². The zero-order valence-corrected chi connectivity index (χ0v) is 18.0. The van der Waals surface area contributed by atoms with Gasteiger partial charge in [0.1, 0.15) is 5.82 Å². The fourth-order valence-electron chi connectivity index (χ4n) is 3.64. The van der Waals surface area contributed by atoms with E-state index in [0.717, 1.165) is 24.5 Å². The number of para-hydroxylation sites is 2. The number of rotatable bonds is 5. The van der Waals surface area contributed by atoms with Gasteiger partial charge in [-0.05, 0) is 43.7 Å². The Morgan fingerprint density at radius 2 is 1.94 bits per heavy atom. The third-order valence-corrected chi connectivity index (χ3v) is 5.26. The number of benzene rings is 1. The van der Waals surface area contributed by atoms with Gasteiger partial charge >= 0.3 is 12.0 Å². The molecule has 1 aliphatic heterocycles. The number of hydrogen-bond donors (Lipinski definition) is 1. The number of ether oxygens (including phenoxy) is 1. The minimum atomic E-state index is -0.374. The molecule has 2 aromatic heterocycles. The zero-order valence-electron chi connectivity index (χ0n) is 18.0. The maximum absolute atomic E-state index is 13.0. The van der Waals surface area contributed by atoms with E-state index in [9.17, 15) is 9.59 Å². The molecule has 1 saturated heterocycles. The lowest BCUT2D eigenvalue weighted by Crippen LogP contribution is -2.38. The number of amides is 2. The Bertz CT molecular complexity index is 1050. The summed E-state index contributed by atoms with van der Waals surface area (Å²) in [5, 5.41) is 7.29. The Morgan fingerprint density at radius 1 is 1.06 bits per heavy atom. The van der Waals surface area contributed by atoms with E-state index >= 15 is 0 Å². The topological polar surface area (TPSA) is 92.6 Å². The van der Waals surface area contributed by atoms with Crippen molar-refractivity contribution < 1.29 is 14.3 Å². The summed E-state index contributed by atoms with van der Waals surface area (Å²) in [6, 6.07) is 12.8. The van der Waals surface area contributed by atoms with Gasteiger partial charge in [-0.25, -0.2) is 19.3 Å². The number of carbonyl (C=O) groups is 2. The van der Waals surface area contributed by atoms with Crippen LogP contribution in [0.1, 0.15) is 23.7 Å². The van der Waals surface area contributed by atoms with Gasteiger partial charge < -0.3 is 19.9 Å². The van der Waals surface area contributed by atoms with Crippen LogP contribution >= 0.6 is 0 Å². The van der Waals surface area contributed by atoms with Crippen LogP contribution in [-0.2, 0) is 4.74 Å². The highest BCUT2D eigenvalue weighted by Crippen LogP contribution is 2.20. The number of carbonyl (C=O) groups excluding carboxylic acids is 2. The van der Waals surface area contributed by atoms with Crippen LogP contribution in [0.3, 0.4) is 0 Å². The second-order valence-corrected chi connectivity index (χ2v) is 7.35. The Hall–Kier alpha value is -3.88. The summed E-state index contributed by atoms with van der Waals surface area (Å²) in [4.78, 5) is 33.1. The molecule has 3 heterocycles. The second kappa shape index (κ2) is 9.95. The zero-order chi connectivity index (χ0) is 22.3. The number of anilines is 2. The first kappa shape index (κ1) is 21.4. The number of hydrogen-bond acceptors (Lipinski definition) is 6. The molecule has 1 fully saturated rings. The SMILES string of the molecule is CCOC(=O)c1ccc(N2CCCN(C(=O)Nc3ccccc3-n3cccn3)CC2)nc1. The van der Waals surface area contributed by atoms with Crippen molar-refractivity contribution in [3.8, 4) is 5.69 Å². The van der Waals surface area contributed by atoms with Crippen molar-refractivity contribution in [1.29, 1.82) is 0 Å². The van der Waals surface area contributed by atoms with Gasteiger partial charge in [-0.15, -0.1) is 0 Å². The maximum Gasteiger partial charge on any atom is 0.339 e. The van der Waals surface area contributed by atoms with Crippen LogP contribution in [-0.4, -0.2) is 64.5 Å². The predicted molar refractivity (Wildman–Crippen MR) is 121 cm³/mol. The molecular formula is C23H26N6O3. The molecule has 0 saturated carbocycles. The van der Waals surface area contributed by atoms with Gasteiger partial charge in [-0.3, -0.25) is 0 Å². The Balaban J connectivity index is 1.39. The molecule has 9 heteroatoms. The molecule has 4 rings (SSSR count). The highest BCUT2D eigenvalue weighted by Gasteiger charge is 2.21. The van der Waals surface area contributed by atoms with Gasteiger partial charge in [-0.2, -0.15) is 5.10 Å². The lowest BCUT2D eigenvalue weighted by molar-refractivity contribution is 0.0526. The monoisotopic (exact) mass is 434 g/mol. The van der Waals surface area contributed by atoms with Gasteiger partial charge in [0, 0.05) is 44.8 Å². The van der Waals surface area contributed by atoms with E-state index < -0.39 is 0 Å². The number of pyridine rings is 1. The quantitative estimate of drug-likeness (QED) is 0.620. The summed E-state index contributed by atoms with van der Waals surface area (Å²) in [6.07, 6.45) is 5.90. The normalized spacial score (nSPS) is 14.0. The van der Waals surface area contributed by atoms with E-state index in [4.69, 9.17) is 4.74 Å². The van der Waals surface area contributed by atoms with Crippen LogP contribution < -0.4 is 10.2 Å². The number of urea groups is 1. The van der Waals surface area contributed by atoms with Crippen molar-refractivity contribution in [3.05, 3.63) is 66.6 Å². The molecule has 0 radical (unpaired) electrons. The average Bonchev–Trinajstić information content (AvgIpc) is 3.24. The van der Waals surface area contributed by atoms with Crippen LogP contribution in [0.25, 0.3) is 5.69 Å². The first-order chi connectivity index (χ1) is 15.7. The van der Waals surface area contributed by atoms with Crippen LogP contribution in [0.2, 0.25) is 0 Å². The van der Waals surface area contributed by atoms with Crippen LogP contribution in [0.4, 0.5) is 16.3 Å². The third kappa shape index (κ3) is 4.88. The van der Waals surface area contributed by atoms with Gasteiger partial charge in [-0.1, -0.05) is 12.1 Å². The number of nitrogens with zero attached hydrogens (tertiary/aromatic N) is 5. The first-order valence-corrected chi connectivity index (χ1v) is 10.7. The maximum atomic E-state index is 13.0. The lowest BCUT2D eigenvalue weighted by Gasteiger charge is -2.23. The van der Waals surface area contributed by atoms with Crippen molar-refractivity contribution in [3.63, 3.8) is 0 Å². The fourth-order valence-corrected chi connectivity index (χ4v) is 3.64. The molecule has 3 aromatic rings. The summed E-state index contributed by atoms with van der Waals surface area (Å²) >= 11 is 0. The summed E-state index contributed by atoms with van der Waals surface area (Å²) in [7, 11) is 0. The van der Waals surface area contributed by atoms with Crippen LogP contribution in [0, 0.1) is 0 Å². The largest absolute Gasteiger partial charge is 0.462 e. The van der Waals surface area contributed by atoms with E-state index in [1.54, 1.807) is 23.9 Å². The Labute approximate surface area is 186 Å². The molecule has 1 aromatic carbocycles. The fraction of sp³-hybridized carbons (Fsp3) is 0.304. The molecule has 1 N–H and O–H groups in total. The third-order valence-electron chi connectivity index (χ3n) is 5.26. The van der Waals surface area contributed by atoms with E-state index in [-0.39, 0.29) is 12.0 Å². The van der Waals surface area contributed by atoms with E-state index in [1.165, 1.54) is 6.20 Å². The van der Waals surface area contributed by atoms with Crippen molar-refractivity contribution in [2.24, 2.45) is 0 Å². The molecule has 166 valence electrons. The molecule has 0 aliphatic carbocycles. The molecule has 1 aliphatic rings. The number of nitrogens with one attached hydrogen (secondary N) is 1. The van der Waals surface area contributed by atoms with E-state index in [1.807, 2.05) is 47.5 Å².